The Hall–Kier alpha value is -2.63. The monoisotopic (exact) mass is 396 g/mol. The summed E-state index contributed by atoms with van der Waals surface area (Å²) in [5.74, 6) is 0.602. The minimum atomic E-state index is -0.0693. The second kappa shape index (κ2) is 9.04. The van der Waals surface area contributed by atoms with Gasteiger partial charge in [-0.3, -0.25) is 9.69 Å². The number of amides is 1. The summed E-state index contributed by atoms with van der Waals surface area (Å²) in [5, 5.41) is 7.94. The lowest BCUT2D eigenvalue weighted by Crippen LogP contribution is -2.30. The highest BCUT2D eigenvalue weighted by molar-refractivity contribution is 6.30. The molecule has 0 aliphatic heterocycles. The highest BCUT2D eigenvalue weighted by Gasteiger charge is 2.12. The third-order valence-corrected chi connectivity index (χ3v) is 4.79. The van der Waals surface area contributed by atoms with Crippen LogP contribution in [-0.2, 0) is 17.9 Å². The van der Waals surface area contributed by atoms with Gasteiger partial charge in [0.2, 0.25) is 5.91 Å². The normalized spacial score (nSPS) is 11.0. The van der Waals surface area contributed by atoms with Crippen LogP contribution in [0.15, 0.2) is 54.7 Å². The highest BCUT2D eigenvalue weighted by atomic mass is 35.5. The van der Waals surface area contributed by atoms with Crippen molar-refractivity contribution in [2.45, 2.75) is 26.9 Å². The van der Waals surface area contributed by atoms with E-state index in [4.69, 9.17) is 11.6 Å². The summed E-state index contributed by atoms with van der Waals surface area (Å²) in [6.07, 6.45) is 1.68. The Kier molecular flexibility index (Phi) is 6.49. The summed E-state index contributed by atoms with van der Waals surface area (Å²) in [6, 6.07) is 15.8. The molecule has 0 aliphatic carbocycles. The molecule has 0 saturated carbocycles. The van der Waals surface area contributed by atoms with Crippen LogP contribution < -0.4 is 5.32 Å². The minimum absolute atomic E-state index is 0.0693. The second-order valence-corrected chi connectivity index (χ2v) is 7.59. The number of carbonyl (C=O) groups excluding carboxylic acids is 1. The lowest BCUT2D eigenvalue weighted by Gasteiger charge is -2.18. The van der Waals surface area contributed by atoms with E-state index in [0.29, 0.717) is 23.9 Å². The Morgan fingerprint density at radius 3 is 2.75 bits per heavy atom. The molecular formula is C22H25ClN4O. The fourth-order valence-electron chi connectivity index (χ4n) is 3.17. The number of halogens is 1. The number of hydrogen-bond acceptors (Lipinski definition) is 3. The van der Waals surface area contributed by atoms with Gasteiger partial charge >= 0.3 is 0 Å². The number of rotatable bonds is 7. The molecule has 0 unspecified atom stereocenters. The summed E-state index contributed by atoms with van der Waals surface area (Å²) in [4.78, 5) is 14.5. The molecule has 1 aromatic heterocycles. The lowest BCUT2D eigenvalue weighted by molar-refractivity contribution is -0.117. The summed E-state index contributed by atoms with van der Waals surface area (Å²) in [6.45, 7) is 5.75. The summed E-state index contributed by atoms with van der Waals surface area (Å²) in [5.41, 5.74) is 4.74. The standard InChI is InChI=1S/C22H25ClN4O/c1-16-7-8-19(17(2)11-16)14-26(3)15-22(28)25-21-9-10-24-27(21)13-18-5-4-6-20(23)12-18/h4-12H,13-15H2,1-3H3,(H,25,28). The van der Waals surface area contributed by atoms with Crippen LogP contribution in [0.1, 0.15) is 22.3 Å². The van der Waals surface area contributed by atoms with Gasteiger partial charge in [0, 0.05) is 17.6 Å². The van der Waals surface area contributed by atoms with Crippen molar-refractivity contribution >= 4 is 23.3 Å². The van der Waals surface area contributed by atoms with Crippen molar-refractivity contribution in [2.75, 3.05) is 18.9 Å². The minimum Gasteiger partial charge on any atom is -0.310 e. The molecule has 3 aromatic rings. The maximum absolute atomic E-state index is 12.5. The zero-order valence-corrected chi connectivity index (χ0v) is 17.2. The van der Waals surface area contributed by atoms with Crippen molar-refractivity contribution in [1.82, 2.24) is 14.7 Å². The number of nitrogens with one attached hydrogen (secondary N) is 1. The average molecular weight is 397 g/mol. The maximum atomic E-state index is 12.5. The first-order chi connectivity index (χ1) is 13.4. The maximum Gasteiger partial charge on any atom is 0.239 e. The quantitative estimate of drug-likeness (QED) is 0.648. The van der Waals surface area contributed by atoms with Gasteiger partial charge in [0.25, 0.3) is 0 Å². The van der Waals surface area contributed by atoms with E-state index in [1.807, 2.05) is 36.2 Å². The van der Waals surface area contributed by atoms with Gasteiger partial charge in [-0.25, -0.2) is 4.68 Å². The van der Waals surface area contributed by atoms with E-state index >= 15 is 0 Å². The van der Waals surface area contributed by atoms with E-state index in [9.17, 15) is 4.79 Å². The van der Waals surface area contributed by atoms with E-state index < -0.39 is 0 Å². The number of likely N-dealkylation sites (N-methyl/N-ethyl adjacent to an activating group) is 1. The van der Waals surface area contributed by atoms with Gasteiger partial charge in [-0.2, -0.15) is 5.10 Å². The highest BCUT2D eigenvalue weighted by Crippen LogP contribution is 2.15. The van der Waals surface area contributed by atoms with Crippen LogP contribution in [0.4, 0.5) is 5.82 Å². The zero-order chi connectivity index (χ0) is 20.1. The first-order valence-electron chi connectivity index (χ1n) is 9.21. The van der Waals surface area contributed by atoms with Gasteiger partial charge < -0.3 is 5.32 Å². The fourth-order valence-corrected chi connectivity index (χ4v) is 3.38. The molecule has 2 aromatic carbocycles. The van der Waals surface area contributed by atoms with Gasteiger partial charge in [-0.05, 0) is 49.7 Å². The molecule has 146 valence electrons. The predicted octanol–water partition coefficient (Wildman–Crippen LogP) is 4.27. The third kappa shape index (κ3) is 5.44. The molecule has 1 N–H and O–H groups in total. The van der Waals surface area contributed by atoms with Crippen LogP contribution in [-0.4, -0.2) is 34.2 Å². The van der Waals surface area contributed by atoms with Crippen LogP contribution in [0, 0.1) is 13.8 Å². The van der Waals surface area contributed by atoms with Crippen molar-refractivity contribution in [2.24, 2.45) is 0 Å². The number of aromatic nitrogens is 2. The Morgan fingerprint density at radius 2 is 2.00 bits per heavy atom. The van der Waals surface area contributed by atoms with Crippen molar-refractivity contribution in [3.8, 4) is 0 Å². The van der Waals surface area contributed by atoms with Crippen LogP contribution >= 0.6 is 11.6 Å². The molecule has 0 radical (unpaired) electrons. The molecule has 0 fully saturated rings. The molecule has 0 aliphatic rings. The number of nitrogens with zero attached hydrogens (tertiary/aromatic N) is 3. The molecular weight excluding hydrogens is 372 g/mol. The van der Waals surface area contributed by atoms with Gasteiger partial charge in [0.15, 0.2) is 0 Å². The average Bonchev–Trinajstić information content (AvgIpc) is 3.04. The third-order valence-electron chi connectivity index (χ3n) is 4.56. The van der Waals surface area contributed by atoms with E-state index in [-0.39, 0.29) is 5.91 Å². The smallest absolute Gasteiger partial charge is 0.239 e. The molecule has 5 nitrogen and oxygen atoms in total. The van der Waals surface area contributed by atoms with Gasteiger partial charge in [0.1, 0.15) is 5.82 Å². The summed E-state index contributed by atoms with van der Waals surface area (Å²) >= 11 is 6.05. The topological polar surface area (TPSA) is 50.2 Å². The Morgan fingerprint density at radius 1 is 1.18 bits per heavy atom. The summed E-state index contributed by atoms with van der Waals surface area (Å²) in [7, 11) is 1.95. The Balaban J connectivity index is 1.58. The second-order valence-electron chi connectivity index (χ2n) is 7.15. The molecule has 0 saturated heterocycles. The molecule has 1 heterocycles. The predicted molar refractivity (Wildman–Crippen MR) is 114 cm³/mol. The van der Waals surface area contributed by atoms with E-state index in [1.54, 1.807) is 16.9 Å². The molecule has 0 spiro atoms. The first kappa shape index (κ1) is 20.1. The summed E-state index contributed by atoms with van der Waals surface area (Å²) < 4.78 is 1.76. The molecule has 3 rings (SSSR count). The van der Waals surface area contributed by atoms with E-state index in [1.165, 1.54) is 16.7 Å². The van der Waals surface area contributed by atoms with Crippen molar-refractivity contribution in [3.63, 3.8) is 0 Å². The molecule has 6 heteroatoms. The van der Waals surface area contributed by atoms with E-state index in [0.717, 1.165) is 12.1 Å². The van der Waals surface area contributed by atoms with E-state index in [2.05, 4.69) is 42.5 Å². The lowest BCUT2D eigenvalue weighted by atomic mass is 10.1. The largest absolute Gasteiger partial charge is 0.310 e. The van der Waals surface area contributed by atoms with Gasteiger partial charge in [0.05, 0.1) is 19.3 Å². The Labute approximate surface area is 170 Å². The number of carbonyl (C=O) groups is 1. The molecule has 28 heavy (non-hydrogen) atoms. The first-order valence-corrected chi connectivity index (χ1v) is 9.59. The molecule has 0 bridgehead atoms. The zero-order valence-electron chi connectivity index (χ0n) is 16.4. The van der Waals surface area contributed by atoms with Crippen molar-refractivity contribution < 1.29 is 4.79 Å². The van der Waals surface area contributed by atoms with Crippen molar-refractivity contribution in [1.29, 1.82) is 0 Å². The SMILES string of the molecule is Cc1ccc(CN(C)CC(=O)Nc2ccnn2Cc2cccc(Cl)c2)c(C)c1. The number of anilines is 1. The van der Waals surface area contributed by atoms with Crippen LogP contribution in [0.5, 0.6) is 0 Å². The van der Waals surface area contributed by atoms with Gasteiger partial charge in [-0.1, -0.05) is 47.5 Å². The van der Waals surface area contributed by atoms with Crippen LogP contribution in [0.25, 0.3) is 0 Å². The van der Waals surface area contributed by atoms with Crippen LogP contribution in [0.2, 0.25) is 5.02 Å². The number of aryl methyl sites for hydroxylation is 2. The van der Waals surface area contributed by atoms with Gasteiger partial charge in [-0.15, -0.1) is 0 Å². The molecule has 1 amide bonds. The fraction of sp³-hybridized carbons (Fsp3) is 0.273. The Bertz CT molecular complexity index is 967. The van der Waals surface area contributed by atoms with Crippen LogP contribution in [0.3, 0.4) is 0 Å². The van der Waals surface area contributed by atoms with Crippen molar-refractivity contribution in [3.05, 3.63) is 82.0 Å². The number of benzene rings is 2. The molecule has 0 atom stereocenters. The number of hydrogen-bond donors (Lipinski definition) is 1.